The van der Waals surface area contributed by atoms with E-state index in [1.807, 2.05) is 37.3 Å². The summed E-state index contributed by atoms with van der Waals surface area (Å²) in [6.07, 6.45) is 2.15. The Bertz CT molecular complexity index is 887. The fourth-order valence-electron chi connectivity index (χ4n) is 3.47. The number of aryl methyl sites for hydroxylation is 1. The molecule has 0 saturated heterocycles. The molecule has 1 unspecified atom stereocenters. The first-order chi connectivity index (χ1) is 12.5. The predicted molar refractivity (Wildman–Crippen MR) is 96.6 cm³/mol. The van der Waals surface area contributed by atoms with Crippen molar-refractivity contribution in [2.75, 3.05) is 6.54 Å². The van der Waals surface area contributed by atoms with Gasteiger partial charge in [-0.3, -0.25) is 19.3 Å². The Labute approximate surface area is 152 Å². The second-order valence-electron chi connectivity index (χ2n) is 7.04. The van der Waals surface area contributed by atoms with Crippen LogP contribution in [0.5, 0.6) is 0 Å². The van der Waals surface area contributed by atoms with Gasteiger partial charge in [0.15, 0.2) is 0 Å². The quantitative estimate of drug-likeness (QED) is 0.845. The van der Waals surface area contributed by atoms with E-state index in [0.29, 0.717) is 17.0 Å². The Morgan fingerprint density at radius 3 is 2.46 bits per heavy atom. The van der Waals surface area contributed by atoms with Gasteiger partial charge in [0.05, 0.1) is 17.2 Å². The first kappa shape index (κ1) is 16.5. The maximum absolute atomic E-state index is 12.6. The van der Waals surface area contributed by atoms with Gasteiger partial charge in [-0.2, -0.15) is 0 Å². The largest absolute Gasteiger partial charge is 0.347 e. The summed E-state index contributed by atoms with van der Waals surface area (Å²) in [5.41, 5.74) is 2.72. The molecule has 1 aliphatic heterocycles. The second-order valence-corrected chi connectivity index (χ2v) is 7.04. The molecule has 132 valence electrons. The fraction of sp³-hybridized carbons (Fsp3) is 0.286. The molecule has 0 radical (unpaired) electrons. The van der Waals surface area contributed by atoms with Crippen molar-refractivity contribution in [3.8, 4) is 0 Å². The van der Waals surface area contributed by atoms with Crippen LogP contribution in [0.3, 0.4) is 0 Å². The van der Waals surface area contributed by atoms with E-state index in [2.05, 4.69) is 5.32 Å². The zero-order chi connectivity index (χ0) is 18.3. The Morgan fingerprint density at radius 1 is 1.08 bits per heavy atom. The number of carbonyl (C=O) groups excluding carboxylic acids is 3. The summed E-state index contributed by atoms with van der Waals surface area (Å²) >= 11 is 0. The summed E-state index contributed by atoms with van der Waals surface area (Å²) in [6, 6.07) is 14.9. The maximum Gasteiger partial charge on any atom is 0.262 e. The van der Waals surface area contributed by atoms with Gasteiger partial charge in [-0.25, -0.2) is 0 Å². The lowest BCUT2D eigenvalue weighted by molar-refractivity contribution is -0.122. The number of nitrogens with one attached hydrogen (secondary N) is 1. The second kappa shape index (κ2) is 6.41. The summed E-state index contributed by atoms with van der Waals surface area (Å²) < 4.78 is 0. The Hall–Kier alpha value is -2.95. The molecule has 1 N–H and O–H groups in total. The monoisotopic (exact) mass is 348 g/mol. The highest BCUT2D eigenvalue weighted by Crippen LogP contribution is 2.40. The molecule has 0 aromatic heterocycles. The van der Waals surface area contributed by atoms with Crippen LogP contribution in [-0.2, 0) is 4.79 Å². The van der Waals surface area contributed by atoms with Gasteiger partial charge in [-0.05, 0) is 43.4 Å². The Kier molecular flexibility index (Phi) is 4.07. The third kappa shape index (κ3) is 3.01. The molecule has 1 aliphatic carbocycles. The topological polar surface area (TPSA) is 66.5 Å². The number of imide groups is 1. The van der Waals surface area contributed by atoms with Crippen molar-refractivity contribution >= 4 is 17.7 Å². The van der Waals surface area contributed by atoms with Crippen molar-refractivity contribution in [2.24, 2.45) is 5.92 Å². The summed E-state index contributed by atoms with van der Waals surface area (Å²) in [7, 11) is 0. The molecule has 0 bridgehead atoms. The SMILES string of the molecule is Cc1ccc2c(c1)C(=O)N(CC(=O)NC(c1ccccc1)C1CC1)C2=O. The van der Waals surface area contributed by atoms with Gasteiger partial charge < -0.3 is 5.32 Å². The maximum atomic E-state index is 12.6. The van der Waals surface area contributed by atoms with Crippen molar-refractivity contribution in [3.63, 3.8) is 0 Å². The first-order valence-electron chi connectivity index (χ1n) is 8.86. The zero-order valence-corrected chi connectivity index (χ0v) is 14.6. The molecule has 2 aromatic carbocycles. The minimum atomic E-state index is -0.400. The van der Waals surface area contributed by atoms with E-state index < -0.39 is 11.8 Å². The molecule has 5 nitrogen and oxygen atoms in total. The number of benzene rings is 2. The summed E-state index contributed by atoms with van der Waals surface area (Å²) in [5.74, 6) is -0.683. The van der Waals surface area contributed by atoms with Gasteiger partial charge >= 0.3 is 0 Å². The number of hydrogen-bond acceptors (Lipinski definition) is 3. The molecule has 1 atom stereocenters. The van der Waals surface area contributed by atoms with Crippen LogP contribution in [0.1, 0.15) is 50.7 Å². The first-order valence-corrected chi connectivity index (χ1v) is 8.86. The fourth-order valence-corrected chi connectivity index (χ4v) is 3.47. The van der Waals surface area contributed by atoms with Crippen LogP contribution in [-0.4, -0.2) is 29.2 Å². The Balaban J connectivity index is 1.48. The van der Waals surface area contributed by atoms with E-state index in [-0.39, 0.29) is 18.5 Å². The normalized spacial score (nSPS) is 17.2. The van der Waals surface area contributed by atoms with Crippen LogP contribution in [0.4, 0.5) is 0 Å². The molecule has 0 spiro atoms. The summed E-state index contributed by atoms with van der Waals surface area (Å²) in [4.78, 5) is 38.6. The number of amides is 3. The van der Waals surface area contributed by atoms with Crippen LogP contribution < -0.4 is 5.32 Å². The van der Waals surface area contributed by atoms with E-state index in [4.69, 9.17) is 0 Å². The van der Waals surface area contributed by atoms with Crippen LogP contribution >= 0.6 is 0 Å². The average Bonchev–Trinajstić information content (AvgIpc) is 3.45. The van der Waals surface area contributed by atoms with Gasteiger partial charge in [-0.1, -0.05) is 42.0 Å². The van der Waals surface area contributed by atoms with Crippen molar-refractivity contribution in [1.82, 2.24) is 10.2 Å². The molecule has 1 heterocycles. The predicted octanol–water partition coefficient (Wildman–Crippen LogP) is 2.86. The van der Waals surface area contributed by atoms with E-state index in [1.165, 1.54) is 0 Å². The number of hydrogen-bond donors (Lipinski definition) is 1. The number of nitrogens with zero attached hydrogens (tertiary/aromatic N) is 1. The molecule has 1 fully saturated rings. The molecule has 2 aliphatic rings. The van der Waals surface area contributed by atoms with Crippen LogP contribution in [0.2, 0.25) is 0 Å². The van der Waals surface area contributed by atoms with E-state index in [1.54, 1.807) is 18.2 Å². The van der Waals surface area contributed by atoms with Crippen molar-refractivity contribution in [3.05, 3.63) is 70.8 Å². The van der Waals surface area contributed by atoms with Crippen molar-refractivity contribution in [2.45, 2.75) is 25.8 Å². The third-order valence-electron chi connectivity index (χ3n) is 5.00. The highest BCUT2D eigenvalue weighted by atomic mass is 16.2. The highest BCUT2D eigenvalue weighted by Gasteiger charge is 2.38. The van der Waals surface area contributed by atoms with Crippen LogP contribution in [0, 0.1) is 12.8 Å². The molecule has 1 saturated carbocycles. The standard InChI is InChI=1S/C21H20N2O3/c1-13-7-10-16-17(11-13)21(26)23(20(16)25)12-18(24)22-19(15-8-9-15)14-5-3-2-4-6-14/h2-7,10-11,15,19H,8-9,12H2,1H3,(H,22,24). The number of rotatable bonds is 5. The lowest BCUT2D eigenvalue weighted by Crippen LogP contribution is -2.42. The van der Waals surface area contributed by atoms with Crippen molar-refractivity contribution < 1.29 is 14.4 Å². The van der Waals surface area contributed by atoms with E-state index in [9.17, 15) is 14.4 Å². The molecular formula is C21H20N2O3. The van der Waals surface area contributed by atoms with Gasteiger partial charge in [0.1, 0.15) is 6.54 Å². The van der Waals surface area contributed by atoms with Crippen molar-refractivity contribution in [1.29, 1.82) is 0 Å². The molecule has 3 amide bonds. The highest BCUT2D eigenvalue weighted by molar-refractivity contribution is 6.22. The zero-order valence-electron chi connectivity index (χ0n) is 14.6. The van der Waals surface area contributed by atoms with E-state index in [0.717, 1.165) is 28.9 Å². The van der Waals surface area contributed by atoms with Gasteiger partial charge in [-0.15, -0.1) is 0 Å². The van der Waals surface area contributed by atoms with Crippen LogP contribution in [0.25, 0.3) is 0 Å². The third-order valence-corrected chi connectivity index (χ3v) is 5.00. The Morgan fingerprint density at radius 2 is 1.77 bits per heavy atom. The molecule has 2 aromatic rings. The average molecular weight is 348 g/mol. The van der Waals surface area contributed by atoms with Gasteiger partial charge in [0, 0.05) is 0 Å². The minimum Gasteiger partial charge on any atom is -0.347 e. The van der Waals surface area contributed by atoms with Crippen LogP contribution in [0.15, 0.2) is 48.5 Å². The minimum absolute atomic E-state index is 0.0684. The van der Waals surface area contributed by atoms with E-state index >= 15 is 0 Å². The molecule has 26 heavy (non-hydrogen) atoms. The number of carbonyl (C=O) groups is 3. The summed E-state index contributed by atoms with van der Waals surface area (Å²) in [6.45, 7) is 1.62. The van der Waals surface area contributed by atoms with Gasteiger partial charge in [0.25, 0.3) is 11.8 Å². The smallest absolute Gasteiger partial charge is 0.262 e. The summed E-state index contributed by atoms with van der Waals surface area (Å²) in [5, 5.41) is 3.02. The lowest BCUT2D eigenvalue weighted by atomic mass is 10.0. The molecule has 4 rings (SSSR count). The lowest BCUT2D eigenvalue weighted by Gasteiger charge is -2.21. The molecule has 5 heteroatoms. The molecular weight excluding hydrogens is 328 g/mol. The van der Waals surface area contributed by atoms with Gasteiger partial charge in [0.2, 0.25) is 5.91 Å². The number of fused-ring (bicyclic) bond motifs is 1.